The quantitative estimate of drug-likeness (QED) is 0.502. The first-order chi connectivity index (χ1) is 12.5. The number of rotatable bonds is 6. The molecule has 0 bridgehead atoms. The molecule has 0 aliphatic rings. The van der Waals surface area contributed by atoms with Gasteiger partial charge >= 0.3 is 5.97 Å². The highest BCUT2D eigenvalue weighted by Gasteiger charge is 2.06. The van der Waals surface area contributed by atoms with Crippen molar-refractivity contribution in [3.63, 3.8) is 0 Å². The summed E-state index contributed by atoms with van der Waals surface area (Å²) in [5.41, 5.74) is 0.180. The second kappa shape index (κ2) is 7.35. The highest BCUT2D eigenvalue weighted by Crippen LogP contribution is 2.27. The van der Waals surface area contributed by atoms with E-state index in [1.165, 1.54) is 36.4 Å². The molecule has 0 amide bonds. The Labute approximate surface area is 148 Å². The summed E-state index contributed by atoms with van der Waals surface area (Å²) < 4.78 is 11.3. The van der Waals surface area contributed by atoms with Crippen LogP contribution in [0, 0.1) is 10.1 Å². The number of carbonyl (C=O) groups is 1. The van der Waals surface area contributed by atoms with Gasteiger partial charge in [0.25, 0.3) is 5.69 Å². The van der Waals surface area contributed by atoms with Crippen molar-refractivity contribution in [2.45, 2.75) is 0 Å². The zero-order valence-corrected chi connectivity index (χ0v) is 13.4. The van der Waals surface area contributed by atoms with Gasteiger partial charge in [-0.2, -0.15) is 0 Å². The Bertz CT molecular complexity index is 839. The van der Waals surface area contributed by atoms with Crippen LogP contribution < -0.4 is 9.47 Å². The molecule has 0 atom stereocenters. The summed E-state index contributed by atoms with van der Waals surface area (Å²) in [5.74, 6) is 1.11. The third kappa shape index (κ3) is 4.15. The summed E-state index contributed by atoms with van der Waals surface area (Å²) in [6.45, 7) is 0. The molecule has 3 aromatic rings. The molecule has 130 valence electrons. The lowest BCUT2D eigenvalue weighted by atomic mass is 10.2. The first-order valence-electron chi connectivity index (χ1n) is 7.55. The van der Waals surface area contributed by atoms with Crippen LogP contribution in [-0.4, -0.2) is 16.0 Å². The van der Waals surface area contributed by atoms with Gasteiger partial charge in [0.2, 0.25) is 0 Å². The van der Waals surface area contributed by atoms with Crippen molar-refractivity contribution in [1.29, 1.82) is 0 Å². The zero-order valence-electron chi connectivity index (χ0n) is 13.4. The van der Waals surface area contributed by atoms with E-state index in [0.717, 1.165) is 0 Å². The minimum atomic E-state index is -0.996. The third-order valence-electron chi connectivity index (χ3n) is 3.44. The van der Waals surface area contributed by atoms with Crippen LogP contribution in [0.4, 0.5) is 5.69 Å². The Morgan fingerprint density at radius 2 is 1.08 bits per heavy atom. The number of hydrogen-bond donors (Lipinski definition) is 1. The molecule has 0 saturated heterocycles. The number of carboxylic acid groups (broad SMARTS) is 1. The number of hydrogen-bond acceptors (Lipinski definition) is 5. The van der Waals surface area contributed by atoms with Gasteiger partial charge in [0.05, 0.1) is 10.5 Å². The van der Waals surface area contributed by atoms with E-state index in [-0.39, 0.29) is 11.3 Å². The van der Waals surface area contributed by atoms with Gasteiger partial charge in [0.15, 0.2) is 0 Å². The fraction of sp³-hybridized carbons (Fsp3) is 0. The standard InChI is InChI=1S/C19H13NO6/c21-19(22)13-1-5-15(6-2-13)25-17-9-11-18(12-10-17)26-16-7-3-14(4-8-16)20(23)24/h1-12H,(H,21,22). The molecule has 0 fully saturated rings. The smallest absolute Gasteiger partial charge is 0.335 e. The van der Waals surface area contributed by atoms with Crippen LogP contribution in [0.15, 0.2) is 72.8 Å². The van der Waals surface area contributed by atoms with E-state index in [9.17, 15) is 14.9 Å². The molecular formula is C19H13NO6. The lowest BCUT2D eigenvalue weighted by Gasteiger charge is -2.08. The number of carboxylic acids is 1. The molecule has 0 aliphatic heterocycles. The van der Waals surface area contributed by atoms with Gasteiger partial charge in [-0.05, 0) is 60.7 Å². The molecule has 0 aliphatic carbocycles. The predicted molar refractivity (Wildman–Crippen MR) is 93.1 cm³/mol. The maximum absolute atomic E-state index is 10.8. The van der Waals surface area contributed by atoms with Gasteiger partial charge in [-0.3, -0.25) is 10.1 Å². The van der Waals surface area contributed by atoms with Gasteiger partial charge in [0, 0.05) is 12.1 Å². The first-order valence-corrected chi connectivity index (χ1v) is 7.55. The Balaban J connectivity index is 1.64. The topological polar surface area (TPSA) is 98.9 Å². The van der Waals surface area contributed by atoms with Crippen molar-refractivity contribution in [3.8, 4) is 23.0 Å². The molecule has 7 nitrogen and oxygen atoms in total. The third-order valence-corrected chi connectivity index (χ3v) is 3.44. The van der Waals surface area contributed by atoms with E-state index in [4.69, 9.17) is 14.6 Å². The molecule has 0 unspecified atom stereocenters. The van der Waals surface area contributed by atoms with Gasteiger partial charge in [-0.15, -0.1) is 0 Å². The number of aromatic carboxylic acids is 1. The SMILES string of the molecule is O=C(O)c1ccc(Oc2ccc(Oc3ccc([N+](=O)[O-])cc3)cc2)cc1. The molecule has 3 aromatic carbocycles. The molecule has 0 heterocycles. The van der Waals surface area contributed by atoms with E-state index in [0.29, 0.717) is 23.0 Å². The Kier molecular flexibility index (Phi) is 4.80. The summed E-state index contributed by atoms with van der Waals surface area (Å²) in [5, 5.41) is 19.5. The summed E-state index contributed by atoms with van der Waals surface area (Å²) in [6, 6.07) is 18.6. The number of ether oxygens (including phenoxy) is 2. The van der Waals surface area contributed by atoms with Crippen LogP contribution in [-0.2, 0) is 0 Å². The van der Waals surface area contributed by atoms with Crippen LogP contribution >= 0.6 is 0 Å². The predicted octanol–water partition coefficient (Wildman–Crippen LogP) is 4.88. The van der Waals surface area contributed by atoms with E-state index >= 15 is 0 Å². The zero-order chi connectivity index (χ0) is 18.5. The maximum atomic E-state index is 10.8. The summed E-state index contributed by atoms with van der Waals surface area (Å²) in [4.78, 5) is 21.0. The highest BCUT2D eigenvalue weighted by molar-refractivity contribution is 5.87. The van der Waals surface area contributed by atoms with Gasteiger partial charge in [-0.25, -0.2) is 4.79 Å². The Morgan fingerprint density at radius 1 is 0.731 bits per heavy atom. The van der Waals surface area contributed by atoms with Crippen molar-refractivity contribution < 1.29 is 24.3 Å². The van der Waals surface area contributed by atoms with Crippen LogP contribution in [0.3, 0.4) is 0 Å². The monoisotopic (exact) mass is 351 g/mol. The molecule has 0 spiro atoms. The van der Waals surface area contributed by atoms with Crippen molar-refractivity contribution in [2.75, 3.05) is 0 Å². The molecule has 0 radical (unpaired) electrons. The lowest BCUT2D eigenvalue weighted by molar-refractivity contribution is -0.384. The summed E-state index contributed by atoms with van der Waals surface area (Å²) in [6.07, 6.45) is 0. The van der Waals surface area contributed by atoms with Gasteiger partial charge in [0.1, 0.15) is 23.0 Å². The van der Waals surface area contributed by atoms with E-state index < -0.39 is 10.9 Å². The molecular weight excluding hydrogens is 338 g/mol. The minimum Gasteiger partial charge on any atom is -0.478 e. The average molecular weight is 351 g/mol. The maximum Gasteiger partial charge on any atom is 0.335 e. The fourth-order valence-corrected chi connectivity index (χ4v) is 2.15. The van der Waals surface area contributed by atoms with Crippen LogP contribution in [0.1, 0.15) is 10.4 Å². The molecule has 0 aromatic heterocycles. The molecule has 26 heavy (non-hydrogen) atoms. The molecule has 1 N–H and O–H groups in total. The molecule has 3 rings (SSSR count). The first kappa shape index (κ1) is 17.0. The minimum absolute atomic E-state index is 0.00462. The second-order valence-electron chi connectivity index (χ2n) is 5.26. The number of nitro benzene ring substituents is 1. The summed E-state index contributed by atoms with van der Waals surface area (Å²) >= 11 is 0. The van der Waals surface area contributed by atoms with E-state index in [1.54, 1.807) is 36.4 Å². The fourth-order valence-electron chi connectivity index (χ4n) is 2.15. The van der Waals surface area contributed by atoms with Crippen molar-refractivity contribution in [1.82, 2.24) is 0 Å². The van der Waals surface area contributed by atoms with Crippen molar-refractivity contribution >= 4 is 11.7 Å². The lowest BCUT2D eigenvalue weighted by Crippen LogP contribution is -1.95. The highest BCUT2D eigenvalue weighted by atomic mass is 16.6. The number of benzene rings is 3. The van der Waals surface area contributed by atoms with Crippen molar-refractivity contribution in [2.24, 2.45) is 0 Å². The Hall–Kier alpha value is -3.87. The largest absolute Gasteiger partial charge is 0.478 e. The normalized spacial score (nSPS) is 10.2. The Morgan fingerprint density at radius 3 is 1.42 bits per heavy atom. The van der Waals surface area contributed by atoms with E-state index in [2.05, 4.69) is 0 Å². The van der Waals surface area contributed by atoms with Crippen LogP contribution in [0.5, 0.6) is 23.0 Å². The molecule has 0 saturated carbocycles. The van der Waals surface area contributed by atoms with Gasteiger partial charge < -0.3 is 14.6 Å². The van der Waals surface area contributed by atoms with Crippen LogP contribution in [0.2, 0.25) is 0 Å². The molecule has 7 heteroatoms. The van der Waals surface area contributed by atoms with Crippen molar-refractivity contribution in [3.05, 3.63) is 88.5 Å². The van der Waals surface area contributed by atoms with Gasteiger partial charge in [-0.1, -0.05) is 0 Å². The van der Waals surface area contributed by atoms with Crippen LogP contribution in [0.25, 0.3) is 0 Å². The second-order valence-corrected chi connectivity index (χ2v) is 5.26. The number of nitrogens with zero attached hydrogens (tertiary/aromatic N) is 1. The number of non-ortho nitro benzene ring substituents is 1. The summed E-state index contributed by atoms with van der Waals surface area (Å²) in [7, 11) is 0. The number of nitro groups is 1. The van der Waals surface area contributed by atoms with E-state index in [1.807, 2.05) is 0 Å². The average Bonchev–Trinajstić information content (AvgIpc) is 2.64.